The van der Waals surface area contributed by atoms with Crippen molar-refractivity contribution in [2.24, 2.45) is 0 Å². The summed E-state index contributed by atoms with van der Waals surface area (Å²) in [5.41, 5.74) is 2.19. The molecule has 96 valence electrons. The first-order valence-electron chi connectivity index (χ1n) is 5.92. The SMILES string of the molecule is CC(C)Oc1ccc(Cc2nc(CCl)cs2)cc1. The first-order valence-corrected chi connectivity index (χ1v) is 7.33. The fourth-order valence-corrected chi connectivity index (χ4v) is 2.68. The Kier molecular flexibility index (Phi) is 4.61. The van der Waals surface area contributed by atoms with Gasteiger partial charge in [0.15, 0.2) is 0 Å². The van der Waals surface area contributed by atoms with E-state index < -0.39 is 0 Å². The van der Waals surface area contributed by atoms with Crippen molar-refractivity contribution in [3.63, 3.8) is 0 Å². The van der Waals surface area contributed by atoms with Crippen LogP contribution in [0.2, 0.25) is 0 Å². The smallest absolute Gasteiger partial charge is 0.119 e. The van der Waals surface area contributed by atoms with Crippen LogP contribution in [0.15, 0.2) is 29.6 Å². The van der Waals surface area contributed by atoms with E-state index in [4.69, 9.17) is 16.3 Å². The number of hydrogen-bond donors (Lipinski definition) is 0. The summed E-state index contributed by atoms with van der Waals surface area (Å²) < 4.78 is 5.61. The normalized spacial score (nSPS) is 10.9. The van der Waals surface area contributed by atoms with Gasteiger partial charge in [0, 0.05) is 11.8 Å². The molecule has 0 radical (unpaired) electrons. The van der Waals surface area contributed by atoms with E-state index in [2.05, 4.69) is 17.1 Å². The molecule has 1 heterocycles. The van der Waals surface area contributed by atoms with Gasteiger partial charge in [-0.1, -0.05) is 12.1 Å². The lowest BCUT2D eigenvalue weighted by molar-refractivity contribution is 0.242. The Balaban J connectivity index is 2.01. The Morgan fingerprint density at radius 1 is 1.28 bits per heavy atom. The molecule has 0 bridgehead atoms. The molecule has 0 saturated heterocycles. The first-order chi connectivity index (χ1) is 8.67. The fourth-order valence-electron chi connectivity index (χ4n) is 1.62. The molecule has 2 rings (SSSR count). The zero-order chi connectivity index (χ0) is 13.0. The summed E-state index contributed by atoms with van der Waals surface area (Å²) in [6.45, 7) is 4.05. The second kappa shape index (κ2) is 6.21. The van der Waals surface area contributed by atoms with E-state index in [-0.39, 0.29) is 6.10 Å². The van der Waals surface area contributed by atoms with Crippen LogP contribution in [0.25, 0.3) is 0 Å². The predicted molar refractivity (Wildman–Crippen MR) is 76.7 cm³/mol. The highest BCUT2D eigenvalue weighted by atomic mass is 35.5. The van der Waals surface area contributed by atoms with Crippen LogP contribution in [-0.2, 0) is 12.3 Å². The highest BCUT2D eigenvalue weighted by Crippen LogP contribution is 2.19. The lowest BCUT2D eigenvalue weighted by Gasteiger charge is -2.09. The van der Waals surface area contributed by atoms with Crippen LogP contribution in [0.4, 0.5) is 0 Å². The Hall–Kier alpha value is -1.06. The van der Waals surface area contributed by atoms with Crippen LogP contribution in [0, 0.1) is 0 Å². The average molecular weight is 282 g/mol. The highest BCUT2D eigenvalue weighted by Gasteiger charge is 2.03. The van der Waals surface area contributed by atoms with Gasteiger partial charge in [0.05, 0.1) is 22.7 Å². The van der Waals surface area contributed by atoms with Crippen molar-refractivity contribution in [1.29, 1.82) is 0 Å². The fraction of sp³-hybridized carbons (Fsp3) is 0.357. The van der Waals surface area contributed by atoms with Gasteiger partial charge in [-0.15, -0.1) is 22.9 Å². The number of benzene rings is 1. The lowest BCUT2D eigenvalue weighted by Crippen LogP contribution is -2.05. The van der Waals surface area contributed by atoms with Crippen LogP contribution < -0.4 is 4.74 Å². The number of aromatic nitrogens is 1. The molecular weight excluding hydrogens is 266 g/mol. The van der Waals surface area contributed by atoms with Crippen molar-refractivity contribution >= 4 is 22.9 Å². The third kappa shape index (κ3) is 3.72. The summed E-state index contributed by atoms with van der Waals surface area (Å²) in [7, 11) is 0. The van der Waals surface area contributed by atoms with E-state index >= 15 is 0 Å². The summed E-state index contributed by atoms with van der Waals surface area (Å²) >= 11 is 7.40. The van der Waals surface area contributed by atoms with Crippen LogP contribution in [0.3, 0.4) is 0 Å². The van der Waals surface area contributed by atoms with Crippen LogP contribution >= 0.6 is 22.9 Å². The second-order valence-corrected chi connectivity index (χ2v) is 5.56. The first kappa shape index (κ1) is 13.4. The molecule has 0 N–H and O–H groups in total. The molecule has 0 saturated carbocycles. The topological polar surface area (TPSA) is 22.1 Å². The third-order valence-electron chi connectivity index (χ3n) is 2.39. The lowest BCUT2D eigenvalue weighted by atomic mass is 10.1. The Morgan fingerprint density at radius 3 is 2.56 bits per heavy atom. The second-order valence-electron chi connectivity index (χ2n) is 4.35. The minimum absolute atomic E-state index is 0.209. The maximum atomic E-state index is 5.74. The zero-order valence-electron chi connectivity index (χ0n) is 10.5. The minimum atomic E-state index is 0.209. The van der Waals surface area contributed by atoms with Gasteiger partial charge >= 0.3 is 0 Å². The van der Waals surface area contributed by atoms with Gasteiger partial charge in [0.1, 0.15) is 5.75 Å². The minimum Gasteiger partial charge on any atom is -0.491 e. The number of halogens is 1. The predicted octanol–water partition coefficient (Wildman–Crippen LogP) is 4.26. The van der Waals surface area contributed by atoms with Gasteiger partial charge in [-0.2, -0.15) is 0 Å². The van der Waals surface area contributed by atoms with Gasteiger partial charge in [0.25, 0.3) is 0 Å². The van der Waals surface area contributed by atoms with Gasteiger partial charge in [-0.3, -0.25) is 0 Å². The monoisotopic (exact) mass is 281 g/mol. The number of thiazole rings is 1. The average Bonchev–Trinajstić information content (AvgIpc) is 2.79. The molecule has 18 heavy (non-hydrogen) atoms. The van der Waals surface area contributed by atoms with Crippen molar-refractivity contribution in [2.45, 2.75) is 32.3 Å². The van der Waals surface area contributed by atoms with Gasteiger partial charge < -0.3 is 4.74 Å². The Bertz CT molecular complexity index is 493. The number of nitrogens with zero attached hydrogens (tertiary/aromatic N) is 1. The van der Waals surface area contributed by atoms with E-state index in [9.17, 15) is 0 Å². The molecule has 1 aromatic heterocycles. The molecule has 1 aromatic carbocycles. The van der Waals surface area contributed by atoms with Crippen LogP contribution in [0.5, 0.6) is 5.75 Å². The molecular formula is C14H16ClNOS. The van der Waals surface area contributed by atoms with Crippen molar-refractivity contribution < 1.29 is 4.74 Å². The van der Waals surface area contributed by atoms with Crippen molar-refractivity contribution in [3.8, 4) is 5.75 Å². The highest BCUT2D eigenvalue weighted by molar-refractivity contribution is 7.09. The molecule has 0 atom stereocenters. The maximum Gasteiger partial charge on any atom is 0.119 e. The van der Waals surface area contributed by atoms with Crippen LogP contribution in [0.1, 0.15) is 30.1 Å². The number of ether oxygens (including phenoxy) is 1. The third-order valence-corrected chi connectivity index (χ3v) is 3.56. The largest absolute Gasteiger partial charge is 0.491 e. The molecule has 0 spiro atoms. The van der Waals surface area contributed by atoms with E-state index in [0.29, 0.717) is 5.88 Å². The molecule has 0 fully saturated rings. The Morgan fingerprint density at radius 2 is 2.00 bits per heavy atom. The standard InChI is InChI=1S/C14H16ClNOS/c1-10(2)17-13-5-3-11(4-6-13)7-14-16-12(8-15)9-18-14/h3-6,9-10H,7-8H2,1-2H3. The van der Waals surface area contributed by atoms with Crippen molar-refractivity contribution in [2.75, 3.05) is 0 Å². The number of alkyl halides is 1. The van der Waals surface area contributed by atoms with Crippen molar-refractivity contribution in [1.82, 2.24) is 4.98 Å². The summed E-state index contributed by atoms with van der Waals surface area (Å²) in [6, 6.07) is 8.18. The summed E-state index contributed by atoms with van der Waals surface area (Å²) in [5.74, 6) is 1.40. The van der Waals surface area contributed by atoms with Crippen molar-refractivity contribution in [3.05, 3.63) is 45.9 Å². The molecule has 2 aromatic rings. The summed E-state index contributed by atoms with van der Waals surface area (Å²) in [5, 5.41) is 3.11. The molecule has 0 aliphatic rings. The van der Waals surface area contributed by atoms with E-state index in [0.717, 1.165) is 22.9 Å². The zero-order valence-corrected chi connectivity index (χ0v) is 12.1. The number of rotatable bonds is 5. The van der Waals surface area contributed by atoms with E-state index in [1.165, 1.54) is 5.56 Å². The quantitative estimate of drug-likeness (QED) is 0.764. The van der Waals surface area contributed by atoms with E-state index in [1.54, 1.807) is 11.3 Å². The molecule has 0 aliphatic carbocycles. The molecule has 0 unspecified atom stereocenters. The summed E-state index contributed by atoms with van der Waals surface area (Å²) in [4.78, 5) is 4.45. The number of hydrogen-bond acceptors (Lipinski definition) is 3. The maximum absolute atomic E-state index is 5.74. The Labute approximate surface area is 117 Å². The summed E-state index contributed by atoms with van der Waals surface area (Å²) in [6.07, 6.45) is 1.06. The molecule has 0 amide bonds. The molecule has 2 nitrogen and oxygen atoms in total. The van der Waals surface area contributed by atoms with E-state index in [1.807, 2.05) is 31.4 Å². The molecule has 4 heteroatoms. The van der Waals surface area contributed by atoms with Crippen LogP contribution in [-0.4, -0.2) is 11.1 Å². The van der Waals surface area contributed by atoms with Gasteiger partial charge in [0.2, 0.25) is 0 Å². The molecule has 0 aliphatic heterocycles. The van der Waals surface area contributed by atoms with Gasteiger partial charge in [-0.25, -0.2) is 4.98 Å². The van der Waals surface area contributed by atoms with Gasteiger partial charge in [-0.05, 0) is 31.5 Å².